The van der Waals surface area contributed by atoms with Crippen LogP contribution in [0.25, 0.3) is 0 Å². The van der Waals surface area contributed by atoms with Gasteiger partial charge in [-0.1, -0.05) is 0 Å². The zero-order chi connectivity index (χ0) is 16.2. The molecule has 22 heavy (non-hydrogen) atoms. The maximum Gasteiger partial charge on any atom is 0.343 e. The van der Waals surface area contributed by atoms with Gasteiger partial charge in [-0.05, 0) is 6.08 Å². The number of hydrogen-bond acceptors (Lipinski definition) is 2. The first-order chi connectivity index (χ1) is 10.2. The Hall–Kier alpha value is -2.32. The molecule has 1 aromatic carbocycles. The molecule has 4 bridgehead atoms. The van der Waals surface area contributed by atoms with Crippen molar-refractivity contribution in [3.05, 3.63) is 57.6 Å². The Balaban J connectivity index is 2.26. The molecule has 2 heterocycles. The largest absolute Gasteiger partial charge is 0.420 e. The summed E-state index contributed by atoms with van der Waals surface area (Å²) in [7, 11) is 0. The SMILES string of the molecule is O=C1OC2=C(F)[C@]3(F)C1=C[C@@]2(F)c1c(F)c(F)c(F)c(F)c13. The number of benzene rings is 1. The molecule has 0 unspecified atom stereocenters. The molecule has 1 aromatic rings. The van der Waals surface area contributed by atoms with Crippen LogP contribution in [-0.4, -0.2) is 5.97 Å². The Bertz CT molecular complexity index is 872. The minimum atomic E-state index is -3.76. The minimum absolute atomic E-state index is 0.180. The van der Waals surface area contributed by atoms with E-state index in [1.807, 2.05) is 0 Å². The second-order valence-electron chi connectivity index (χ2n) is 4.97. The van der Waals surface area contributed by atoms with Gasteiger partial charge in [0.05, 0.1) is 16.7 Å². The van der Waals surface area contributed by atoms with Crippen LogP contribution in [0.3, 0.4) is 0 Å². The van der Waals surface area contributed by atoms with Crippen molar-refractivity contribution in [3.63, 3.8) is 0 Å². The average Bonchev–Trinajstić information content (AvgIpc) is 2.46. The Morgan fingerprint density at radius 2 is 1.41 bits per heavy atom. The van der Waals surface area contributed by atoms with Gasteiger partial charge < -0.3 is 4.74 Å². The fourth-order valence-corrected chi connectivity index (χ4v) is 2.99. The standard InChI is InChI=1S/C13HF7O2/c14-5-3-4(6(15)8(17)7(5)16)13(20)2-1-12(3,19)10(9(13)18)22-11(2)21/h1H/t12-,13+/m1/s1. The molecule has 0 spiro atoms. The molecule has 6 rings (SSSR count). The van der Waals surface area contributed by atoms with E-state index in [1.54, 1.807) is 0 Å². The third-order valence-corrected chi connectivity index (χ3v) is 3.94. The molecule has 0 N–H and O–H groups in total. The van der Waals surface area contributed by atoms with Crippen molar-refractivity contribution in [2.24, 2.45) is 0 Å². The number of ether oxygens (including phenoxy) is 1. The summed E-state index contributed by atoms with van der Waals surface area (Å²) >= 11 is 0. The summed E-state index contributed by atoms with van der Waals surface area (Å²) in [5.41, 5.74) is -11.8. The first-order valence-corrected chi connectivity index (χ1v) is 5.76. The maximum absolute atomic E-state index is 14.9. The fraction of sp³-hybridized carbons (Fsp3) is 0.154. The van der Waals surface area contributed by atoms with Gasteiger partial charge in [-0.15, -0.1) is 0 Å². The van der Waals surface area contributed by atoms with Crippen molar-refractivity contribution in [2.45, 2.75) is 11.3 Å². The zero-order valence-electron chi connectivity index (χ0n) is 10.0. The van der Waals surface area contributed by atoms with E-state index in [0.29, 0.717) is 0 Å². The van der Waals surface area contributed by atoms with E-state index < -0.39 is 68.9 Å². The lowest BCUT2D eigenvalue weighted by Gasteiger charge is -2.47. The normalized spacial score (nSPS) is 31.4. The summed E-state index contributed by atoms with van der Waals surface area (Å²) in [6.45, 7) is 0. The highest BCUT2D eigenvalue weighted by Crippen LogP contribution is 2.64. The first kappa shape index (κ1) is 13.4. The number of halogens is 7. The molecule has 0 fully saturated rings. The number of fused-ring (bicyclic) bond motifs is 1. The summed E-state index contributed by atoms with van der Waals surface area (Å²) in [6, 6.07) is 0. The summed E-state index contributed by atoms with van der Waals surface area (Å²) in [5.74, 6) is -14.5. The van der Waals surface area contributed by atoms with Gasteiger partial charge in [-0.2, -0.15) is 0 Å². The Labute approximate surface area is 116 Å². The van der Waals surface area contributed by atoms with Crippen molar-refractivity contribution >= 4 is 5.97 Å². The number of esters is 1. The molecule has 0 saturated carbocycles. The van der Waals surface area contributed by atoms with E-state index in [2.05, 4.69) is 4.74 Å². The van der Waals surface area contributed by atoms with Crippen LogP contribution in [0.5, 0.6) is 0 Å². The molecule has 0 radical (unpaired) electrons. The molecule has 5 aliphatic rings. The predicted octanol–water partition coefficient (Wildman–Crippen LogP) is 3.26. The van der Waals surface area contributed by atoms with Crippen LogP contribution in [-0.2, 0) is 20.9 Å². The van der Waals surface area contributed by atoms with Gasteiger partial charge in [-0.25, -0.2) is 35.5 Å². The predicted molar refractivity (Wildman–Crippen MR) is 54.2 cm³/mol. The molecule has 0 aromatic heterocycles. The third-order valence-electron chi connectivity index (χ3n) is 3.94. The van der Waals surface area contributed by atoms with Gasteiger partial charge in [0.25, 0.3) is 0 Å². The Morgan fingerprint density at radius 3 is 2.00 bits per heavy atom. The molecule has 9 heteroatoms. The number of carbonyl (C=O) groups excluding carboxylic acids is 1. The molecule has 0 amide bonds. The number of allylic oxidation sites excluding steroid dienone is 2. The van der Waals surface area contributed by atoms with E-state index >= 15 is 0 Å². The molecular formula is C13HF7O2. The van der Waals surface area contributed by atoms with Gasteiger partial charge in [0.2, 0.25) is 11.3 Å². The average molecular weight is 322 g/mol. The minimum Gasteiger partial charge on any atom is -0.420 e. The summed E-state index contributed by atoms with van der Waals surface area (Å²) in [6.07, 6.45) is 0.180. The highest BCUT2D eigenvalue weighted by molar-refractivity contribution is 5.98. The van der Waals surface area contributed by atoms with Crippen LogP contribution in [0.1, 0.15) is 11.1 Å². The van der Waals surface area contributed by atoms with Gasteiger partial charge in [0.15, 0.2) is 34.9 Å². The van der Waals surface area contributed by atoms with Crippen molar-refractivity contribution in [1.29, 1.82) is 0 Å². The van der Waals surface area contributed by atoms with E-state index in [0.717, 1.165) is 0 Å². The van der Waals surface area contributed by atoms with Crippen molar-refractivity contribution < 1.29 is 40.3 Å². The fourth-order valence-electron chi connectivity index (χ4n) is 2.99. The number of carbonyl (C=O) groups is 1. The number of rotatable bonds is 0. The monoisotopic (exact) mass is 322 g/mol. The summed E-state index contributed by atoms with van der Waals surface area (Å²) < 4.78 is 102. The highest BCUT2D eigenvalue weighted by Gasteiger charge is 2.69. The third kappa shape index (κ3) is 1.04. The van der Waals surface area contributed by atoms with E-state index in [4.69, 9.17) is 0 Å². The molecule has 2 nitrogen and oxygen atoms in total. The van der Waals surface area contributed by atoms with Crippen LogP contribution < -0.4 is 0 Å². The zero-order valence-corrected chi connectivity index (χ0v) is 10.0. The van der Waals surface area contributed by atoms with Gasteiger partial charge in [-0.3, -0.25) is 0 Å². The van der Waals surface area contributed by atoms with Crippen molar-refractivity contribution in [3.8, 4) is 0 Å². The van der Waals surface area contributed by atoms with Crippen molar-refractivity contribution in [2.75, 3.05) is 0 Å². The smallest absolute Gasteiger partial charge is 0.343 e. The van der Waals surface area contributed by atoms with E-state index in [1.165, 1.54) is 0 Å². The Morgan fingerprint density at radius 1 is 0.864 bits per heavy atom. The highest BCUT2D eigenvalue weighted by atomic mass is 19.2. The number of alkyl halides is 2. The van der Waals surface area contributed by atoms with Crippen LogP contribution >= 0.6 is 0 Å². The topological polar surface area (TPSA) is 26.3 Å². The Kier molecular flexibility index (Phi) is 2.04. The molecular weight excluding hydrogens is 321 g/mol. The van der Waals surface area contributed by atoms with Crippen molar-refractivity contribution in [1.82, 2.24) is 0 Å². The van der Waals surface area contributed by atoms with E-state index in [9.17, 15) is 35.5 Å². The molecule has 3 aliphatic carbocycles. The lowest BCUT2D eigenvalue weighted by atomic mass is 9.65. The molecule has 114 valence electrons. The second kappa shape index (κ2) is 3.36. The maximum atomic E-state index is 14.9. The second-order valence-corrected chi connectivity index (χ2v) is 4.97. The van der Waals surface area contributed by atoms with Gasteiger partial charge >= 0.3 is 5.97 Å². The van der Waals surface area contributed by atoms with Crippen LogP contribution in [0.2, 0.25) is 0 Å². The quantitative estimate of drug-likeness (QED) is 0.317. The van der Waals surface area contributed by atoms with Crippen LogP contribution in [0.4, 0.5) is 30.7 Å². The van der Waals surface area contributed by atoms with E-state index in [-0.39, 0.29) is 6.08 Å². The first-order valence-electron chi connectivity index (χ1n) is 5.76. The lowest BCUT2D eigenvalue weighted by Crippen LogP contribution is -2.52. The lowest BCUT2D eigenvalue weighted by molar-refractivity contribution is -0.144. The van der Waals surface area contributed by atoms with Gasteiger partial charge in [0, 0.05) is 0 Å². The van der Waals surface area contributed by atoms with Gasteiger partial charge in [0.1, 0.15) is 0 Å². The van der Waals surface area contributed by atoms with Crippen LogP contribution in [0.15, 0.2) is 23.2 Å². The summed E-state index contributed by atoms with van der Waals surface area (Å²) in [5, 5.41) is 0. The number of hydrogen-bond donors (Lipinski definition) is 0. The molecule has 2 aliphatic heterocycles. The van der Waals surface area contributed by atoms with Crippen LogP contribution in [0, 0.1) is 23.3 Å². The molecule has 2 atom stereocenters. The summed E-state index contributed by atoms with van der Waals surface area (Å²) in [4.78, 5) is 11.4. The molecule has 0 saturated heterocycles.